The van der Waals surface area contributed by atoms with Gasteiger partial charge in [-0.3, -0.25) is 0 Å². The summed E-state index contributed by atoms with van der Waals surface area (Å²) in [7, 11) is 1.58. The zero-order chi connectivity index (χ0) is 11.5. The van der Waals surface area contributed by atoms with E-state index in [1.54, 1.807) is 25.3 Å². The molecule has 1 aromatic carbocycles. The average Bonchev–Trinajstić information content (AvgIpc) is 2.30. The Morgan fingerprint density at radius 1 is 1.19 bits per heavy atom. The molecular formula is C11H10ClN3O. The molecular weight excluding hydrogens is 226 g/mol. The normalized spacial score (nSPS) is 10.1. The molecule has 2 aromatic rings. The Morgan fingerprint density at radius 2 is 2.00 bits per heavy atom. The number of nitrogen functional groups attached to an aromatic ring is 1. The first-order valence-electron chi connectivity index (χ1n) is 4.64. The number of benzene rings is 1. The lowest BCUT2D eigenvalue weighted by Gasteiger charge is -2.08. The molecule has 0 aliphatic rings. The zero-order valence-electron chi connectivity index (χ0n) is 8.64. The molecule has 2 N–H and O–H groups in total. The molecule has 0 radical (unpaired) electrons. The average molecular weight is 236 g/mol. The molecule has 5 heteroatoms. The predicted molar refractivity (Wildman–Crippen MR) is 63.4 cm³/mol. The quantitative estimate of drug-likeness (QED) is 0.868. The van der Waals surface area contributed by atoms with Crippen LogP contribution in [0, 0.1) is 0 Å². The number of rotatable bonds is 2. The highest BCUT2D eigenvalue weighted by molar-refractivity contribution is 6.33. The van der Waals surface area contributed by atoms with Crippen molar-refractivity contribution in [2.24, 2.45) is 0 Å². The summed E-state index contributed by atoms with van der Waals surface area (Å²) in [5.41, 5.74) is 6.83. The maximum absolute atomic E-state index is 6.10. The summed E-state index contributed by atoms with van der Waals surface area (Å²) >= 11 is 6.10. The fraction of sp³-hybridized carbons (Fsp3) is 0.0909. The van der Waals surface area contributed by atoms with Gasteiger partial charge in [-0.15, -0.1) is 10.2 Å². The van der Waals surface area contributed by atoms with E-state index in [1.807, 2.05) is 12.1 Å². The molecule has 0 amide bonds. The number of nitrogens with zero attached hydrogens (tertiary/aromatic N) is 2. The number of halogens is 1. The van der Waals surface area contributed by atoms with E-state index in [2.05, 4.69) is 10.2 Å². The number of aromatic nitrogens is 2. The topological polar surface area (TPSA) is 61.0 Å². The first-order valence-corrected chi connectivity index (χ1v) is 5.02. The number of hydrogen-bond acceptors (Lipinski definition) is 4. The van der Waals surface area contributed by atoms with E-state index in [-0.39, 0.29) is 0 Å². The molecule has 2 rings (SSSR count). The van der Waals surface area contributed by atoms with Gasteiger partial charge < -0.3 is 10.5 Å². The van der Waals surface area contributed by atoms with Gasteiger partial charge in [-0.05, 0) is 24.3 Å². The maximum atomic E-state index is 6.10. The van der Waals surface area contributed by atoms with Gasteiger partial charge in [0.05, 0.1) is 23.4 Å². The molecule has 82 valence electrons. The van der Waals surface area contributed by atoms with Crippen molar-refractivity contribution in [3.05, 3.63) is 35.4 Å². The standard InChI is InChI=1S/C11H10ClN3O/c1-16-9-4-2-3-7(12)11(9)8-5-6-10(13)15-14-8/h2-6H,1H3,(H2,13,15). The number of hydrogen-bond donors (Lipinski definition) is 1. The Hall–Kier alpha value is -1.81. The van der Waals surface area contributed by atoms with E-state index in [0.717, 1.165) is 5.56 Å². The van der Waals surface area contributed by atoms with Gasteiger partial charge in [0.15, 0.2) is 0 Å². The van der Waals surface area contributed by atoms with Crippen molar-refractivity contribution < 1.29 is 4.74 Å². The summed E-state index contributed by atoms with van der Waals surface area (Å²) < 4.78 is 5.23. The van der Waals surface area contributed by atoms with Crippen LogP contribution in [0.5, 0.6) is 5.75 Å². The van der Waals surface area contributed by atoms with Gasteiger partial charge in [0.2, 0.25) is 0 Å². The molecule has 1 heterocycles. The van der Waals surface area contributed by atoms with Crippen LogP contribution in [0.25, 0.3) is 11.3 Å². The van der Waals surface area contributed by atoms with Crippen molar-refractivity contribution in [1.82, 2.24) is 10.2 Å². The Balaban J connectivity index is 2.58. The Labute approximate surface area is 98.0 Å². The molecule has 0 saturated carbocycles. The minimum absolute atomic E-state index is 0.370. The third-order valence-electron chi connectivity index (χ3n) is 2.14. The molecule has 16 heavy (non-hydrogen) atoms. The minimum atomic E-state index is 0.370. The van der Waals surface area contributed by atoms with Crippen molar-refractivity contribution in [1.29, 1.82) is 0 Å². The van der Waals surface area contributed by atoms with Gasteiger partial charge in [-0.2, -0.15) is 0 Å². The second-order valence-corrected chi connectivity index (χ2v) is 3.57. The molecule has 0 saturated heterocycles. The van der Waals surface area contributed by atoms with Gasteiger partial charge in [0.25, 0.3) is 0 Å². The van der Waals surface area contributed by atoms with Gasteiger partial charge in [0, 0.05) is 0 Å². The molecule has 4 nitrogen and oxygen atoms in total. The molecule has 0 fully saturated rings. The molecule has 0 aliphatic heterocycles. The van der Waals surface area contributed by atoms with Crippen LogP contribution in [-0.4, -0.2) is 17.3 Å². The summed E-state index contributed by atoms with van der Waals surface area (Å²) in [4.78, 5) is 0. The van der Waals surface area contributed by atoms with E-state index >= 15 is 0 Å². The highest BCUT2D eigenvalue weighted by Crippen LogP contribution is 2.34. The highest BCUT2D eigenvalue weighted by Gasteiger charge is 2.11. The smallest absolute Gasteiger partial charge is 0.146 e. The second-order valence-electron chi connectivity index (χ2n) is 3.16. The van der Waals surface area contributed by atoms with Gasteiger partial charge >= 0.3 is 0 Å². The lowest BCUT2D eigenvalue weighted by Crippen LogP contribution is -1.96. The van der Waals surface area contributed by atoms with Crippen LogP contribution in [0.2, 0.25) is 5.02 Å². The van der Waals surface area contributed by atoms with Crippen molar-refractivity contribution in [2.75, 3.05) is 12.8 Å². The number of nitrogens with two attached hydrogens (primary N) is 1. The summed E-state index contributed by atoms with van der Waals surface area (Å²) in [5.74, 6) is 1.03. The van der Waals surface area contributed by atoms with Gasteiger partial charge in [0.1, 0.15) is 11.6 Å². The summed E-state index contributed by atoms with van der Waals surface area (Å²) in [6.07, 6.45) is 0. The van der Waals surface area contributed by atoms with Crippen LogP contribution in [-0.2, 0) is 0 Å². The fourth-order valence-corrected chi connectivity index (χ4v) is 1.66. The van der Waals surface area contributed by atoms with E-state index in [9.17, 15) is 0 Å². The fourth-order valence-electron chi connectivity index (χ4n) is 1.40. The van der Waals surface area contributed by atoms with Gasteiger partial charge in [-0.1, -0.05) is 17.7 Å². The molecule has 1 aromatic heterocycles. The lowest BCUT2D eigenvalue weighted by atomic mass is 10.1. The van der Waals surface area contributed by atoms with Gasteiger partial charge in [-0.25, -0.2) is 0 Å². The van der Waals surface area contributed by atoms with Crippen LogP contribution in [0.4, 0.5) is 5.82 Å². The number of anilines is 1. The monoisotopic (exact) mass is 235 g/mol. The molecule has 0 atom stereocenters. The maximum Gasteiger partial charge on any atom is 0.146 e. The van der Waals surface area contributed by atoms with E-state index < -0.39 is 0 Å². The predicted octanol–water partition coefficient (Wildman–Crippen LogP) is 2.39. The van der Waals surface area contributed by atoms with Crippen molar-refractivity contribution in [2.45, 2.75) is 0 Å². The van der Waals surface area contributed by atoms with E-state index in [4.69, 9.17) is 22.1 Å². The van der Waals surface area contributed by atoms with Crippen LogP contribution < -0.4 is 10.5 Å². The van der Waals surface area contributed by atoms with E-state index in [0.29, 0.717) is 22.3 Å². The molecule has 0 bridgehead atoms. The molecule has 0 spiro atoms. The van der Waals surface area contributed by atoms with Crippen LogP contribution in [0.1, 0.15) is 0 Å². The zero-order valence-corrected chi connectivity index (χ0v) is 9.40. The number of ether oxygens (including phenoxy) is 1. The van der Waals surface area contributed by atoms with E-state index in [1.165, 1.54) is 0 Å². The first-order chi connectivity index (χ1) is 7.72. The van der Waals surface area contributed by atoms with Crippen LogP contribution in [0.15, 0.2) is 30.3 Å². The first kappa shape index (κ1) is 10.7. The second kappa shape index (κ2) is 4.37. The Bertz CT molecular complexity index is 499. The van der Waals surface area contributed by atoms with Crippen molar-refractivity contribution >= 4 is 17.4 Å². The molecule has 0 unspecified atom stereocenters. The lowest BCUT2D eigenvalue weighted by molar-refractivity contribution is 0.416. The molecule has 0 aliphatic carbocycles. The van der Waals surface area contributed by atoms with Crippen LogP contribution in [0.3, 0.4) is 0 Å². The third kappa shape index (κ3) is 1.92. The number of methoxy groups -OCH3 is 1. The Morgan fingerprint density at radius 3 is 2.62 bits per heavy atom. The SMILES string of the molecule is COc1cccc(Cl)c1-c1ccc(N)nn1. The minimum Gasteiger partial charge on any atom is -0.496 e. The Kier molecular flexibility index (Phi) is 2.92. The van der Waals surface area contributed by atoms with Crippen molar-refractivity contribution in [3.63, 3.8) is 0 Å². The van der Waals surface area contributed by atoms with Crippen molar-refractivity contribution in [3.8, 4) is 17.0 Å². The van der Waals surface area contributed by atoms with Crippen LogP contribution >= 0.6 is 11.6 Å². The summed E-state index contributed by atoms with van der Waals surface area (Å²) in [5, 5.41) is 8.33. The largest absolute Gasteiger partial charge is 0.496 e. The highest BCUT2D eigenvalue weighted by atomic mass is 35.5. The summed E-state index contributed by atoms with van der Waals surface area (Å²) in [6, 6.07) is 8.84. The summed E-state index contributed by atoms with van der Waals surface area (Å²) in [6.45, 7) is 0. The third-order valence-corrected chi connectivity index (χ3v) is 2.45.